The topological polar surface area (TPSA) is 38.4 Å². The van der Waals surface area contributed by atoms with Crippen molar-refractivity contribution in [2.24, 2.45) is 16.6 Å². The van der Waals surface area contributed by atoms with Crippen LogP contribution in [0.25, 0.3) is 0 Å². The number of nitrogens with two attached hydrogens (primary N) is 1. The highest BCUT2D eigenvalue weighted by Crippen LogP contribution is 2.16. The van der Waals surface area contributed by atoms with Crippen molar-refractivity contribution < 1.29 is 4.39 Å². The van der Waals surface area contributed by atoms with E-state index in [-0.39, 0.29) is 11.7 Å². The maximum Gasteiger partial charge on any atom is 0.148 e. The van der Waals surface area contributed by atoms with Gasteiger partial charge in [-0.2, -0.15) is 0 Å². The third-order valence-corrected chi connectivity index (χ3v) is 2.06. The first kappa shape index (κ1) is 11.4. The van der Waals surface area contributed by atoms with E-state index in [2.05, 4.69) is 4.99 Å². The van der Waals surface area contributed by atoms with E-state index in [1.165, 1.54) is 12.3 Å². The van der Waals surface area contributed by atoms with Gasteiger partial charge in [-0.25, -0.2) is 4.39 Å². The molecule has 1 aromatic rings. The maximum absolute atomic E-state index is 13.2. The molecule has 1 aromatic carbocycles. The minimum absolute atomic E-state index is 0.283. The Morgan fingerprint density at radius 2 is 2.07 bits per heavy atom. The zero-order valence-corrected chi connectivity index (χ0v) is 8.94. The molecule has 0 heterocycles. The van der Waals surface area contributed by atoms with Gasteiger partial charge in [0.05, 0.1) is 5.69 Å². The second kappa shape index (κ2) is 5.29. The van der Waals surface area contributed by atoms with Crippen LogP contribution in [0, 0.1) is 11.7 Å². The summed E-state index contributed by atoms with van der Waals surface area (Å²) in [5, 5.41) is 0. The monoisotopic (exact) mass is 206 g/mol. The molecule has 1 rings (SSSR count). The van der Waals surface area contributed by atoms with E-state index < -0.39 is 0 Å². The summed E-state index contributed by atoms with van der Waals surface area (Å²) in [4.78, 5) is 4.05. The molecular formula is C12H15FN2. The normalized spacial score (nSPS) is 12.7. The SMILES string of the molecule is CC(C)C(C=Nc1ccccc1F)=CN. The quantitative estimate of drug-likeness (QED) is 0.758. The van der Waals surface area contributed by atoms with Crippen molar-refractivity contribution in [1.82, 2.24) is 0 Å². The molecule has 0 spiro atoms. The van der Waals surface area contributed by atoms with E-state index in [0.29, 0.717) is 5.69 Å². The molecule has 0 radical (unpaired) electrons. The molecule has 0 saturated heterocycles. The minimum Gasteiger partial charge on any atom is -0.404 e. The van der Waals surface area contributed by atoms with Gasteiger partial charge in [-0.15, -0.1) is 0 Å². The Hall–Kier alpha value is -1.64. The second-order valence-corrected chi connectivity index (χ2v) is 3.53. The zero-order chi connectivity index (χ0) is 11.3. The molecular weight excluding hydrogens is 191 g/mol. The molecule has 15 heavy (non-hydrogen) atoms. The van der Waals surface area contributed by atoms with Gasteiger partial charge < -0.3 is 5.73 Å². The van der Waals surface area contributed by atoms with E-state index in [9.17, 15) is 4.39 Å². The van der Waals surface area contributed by atoms with Gasteiger partial charge in [0.1, 0.15) is 5.82 Å². The molecule has 0 unspecified atom stereocenters. The summed E-state index contributed by atoms with van der Waals surface area (Å²) in [7, 11) is 0. The Labute approximate surface area is 89.3 Å². The van der Waals surface area contributed by atoms with Gasteiger partial charge in [-0.3, -0.25) is 4.99 Å². The first-order chi connectivity index (χ1) is 7.15. The Balaban J connectivity index is 2.86. The standard InChI is InChI=1S/C12H15FN2/c1-9(2)10(7-14)8-15-12-6-4-3-5-11(12)13/h3-9H,14H2,1-2H3. The van der Waals surface area contributed by atoms with Crippen molar-refractivity contribution in [2.45, 2.75) is 13.8 Å². The van der Waals surface area contributed by atoms with Crippen molar-refractivity contribution in [1.29, 1.82) is 0 Å². The Kier molecular flexibility index (Phi) is 4.03. The van der Waals surface area contributed by atoms with Gasteiger partial charge in [0.2, 0.25) is 0 Å². The third kappa shape index (κ3) is 3.20. The Morgan fingerprint density at radius 1 is 1.40 bits per heavy atom. The van der Waals surface area contributed by atoms with Gasteiger partial charge in [-0.05, 0) is 29.8 Å². The highest BCUT2D eigenvalue weighted by molar-refractivity contribution is 5.81. The van der Waals surface area contributed by atoms with Crippen LogP contribution in [-0.2, 0) is 0 Å². The molecule has 0 amide bonds. The molecule has 80 valence electrons. The largest absolute Gasteiger partial charge is 0.404 e. The van der Waals surface area contributed by atoms with Gasteiger partial charge in [0.25, 0.3) is 0 Å². The lowest BCUT2D eigenvalue weighted by Gasteiger charge is -2.03. The van der Waals surface area contributed by atoms with Crippen LogP contribution in [0.4, 0.5) is 10.1 Å². The average molecular weight is 206 g/mol. The number of rotatable bonds is 3. The number of benzene rings is 1. The fraction of sp³-hybridized carbons (Fsp3) is 0.250. The van der Waals surface area contributed by atoms with Crippen LogP contribution >= 0.6 is 0 Å². The highest BCUT2D eigenvalue weighted by Gasteiger charge is 2.00. The molecule has 0 aliphatic heterocycles. The van der Waals surface area contributed by atoms with E-state index in [1.807, 2.05) is 13.8 Å². The van der Waals surface area contributed by atoms with Gasteiger partial charge in [-0.1, -0.05) is 26.0 Å². The highest BCUT2D eigenvalue weighted by atomic mass is 19.1. The summed E-state index contributed by atoms with van der Waals surface area (Å²) in [6, 6.07) is 6.39. The zero-order valence-electron chi connectivity index (χ0n) is 8.94. The summed E-state index contributed by atoms with van der Waals surface area (Å²) in [5.41, 5.74) is 6.65. The molecule has 0 aliphatic rings. The van der Waals surface area contributed by atoms with Crippen molar-refractivity contribution in [3.8, 4) is 0 Å². The fourth-order valence-electron chi connectivity index (χ4n) is 1.09. The molecule has 0 atom stereocenters. The Bertz CT molecular complexity index is 381. The first-order valence-electron chi connectivity index (χ1n) is 4.85. The number of hydrogen-bond acceptors (Lipinski definition) is 2. The van der Waals surface area contributed by atoms with Crippen molar-refractivity contribution in [2.75, 3.05) is 0 Å². The van der Waals surface area contributed by atoms with E-state index in [0.717, 1.165) is 5.57 Å². The minimum atomic E-state index is -0.325. The Morgan fingerprint density at radius 3 is 2.60 bits per heavy atom. The van der Waals surface area contributed by atoms with Crippen LogP contribution in [0.3, 0.4) is 0 Å². The predicted molar refractivity (Wildman–Crippen MR) is 61.7 cm³/mol. The summed E-state index contributed by atoms with van der Waals surface area (Å²) in [5.74, 6) is -0.0422. The number of halogens is 1. The van der Waals surface area contributed by atoms with Gasteiger partial charge >= 0.3 is 0 Å². The van der Waals surface area contributed by atoms with E-state index >= 15 is 0 Å². The van der Waals surface area contributed by atoms with Crippen LogP contribution < -0.4 is 5.73 Å². The molecule has 0 aliphatic carbocycles. The molecule has 0 bridgehead atoms. The van der Waals surface area contributed by atoms with Gasteiger partial charge in [0.15, 0.2) is 0 Å². The van der Waals surface area contributed by atoms with Crippen molar-refractivity contribution in [3.05, 3.63) is 41.9 Å². The third-order valence-electron chi connectivity index (χ3n) is 2.06. The average Bonchev–Trinajstić information content (AvgIpc) is 2.21. The van der Waals surface area contributed by atoms with E-state index in [1.54, 1.807) is 24.4 Å². The van der Waals surface area contributed by atoms with Crippen LogP contribution in [0.15, 0.2) is 41.0 Å². The lowest BCUT2D eigenvalue weighted by molar-refractivity contribution is 0.630. The fourth-order valence-corrected chi connectivity index (χ4v) is 1.09. The predicted octanol–water partition coefficient (Wildman–Crippen LogP) is 3.03. The molecule has 0 saturated carbocycles. The van der Waals surface area contributed by atoms with E-state index in [4.69, 9.17) is 5.73 Å². The number of nitrogens with zero attached hydrogens (tertiary/aromatic N) is 1. The van der Waals surface area contributed by atoms with Crippen molar-refractivity contribution >= 4 is 11.9 Å². The summed E-state index contributed by atoms with van der Waals surface area (Å²) in [6.45, 7) is 4.01. The van der Waals surface area contributed by atoms with Crippen LogP contribution in [-0.4, -0.2) is 6.21 Å². The maximum atomic E-state index is 13.2. The molecule has 0 fully saturated rings. The van der Waals surface area contributed by atoms with Crippen LogP contribution in [0.1, 0.15) is 13.8 Å². The number of para-hydroxylation sites is 1. The van der Waals surface area contributed by atoms with Gasteiger partial charge in [0, 0.05) is 6.21 Å². The smallest absolute Gasteiger partial charge is 0.148 e. The molecule has 2 nitrogen and oxygen atoms in total. The molecule has 3 heteroatoms. The summed E-state index contributed by atoms with van der Waals surface area (Å²) >= 11 is 0. The number of aliphatic imine (C=N–C) groups is 1. The van der Waals surface area contributed by atoms with Crippen molar-refractivity contribution in [3.63, 3.8) is 0 Å². The second-order valence-electron chi connectivity index (χ2n) is 3.53. The number of hydrogen-bond donors (Lipinski definition) is 1. The van der Waals surface area contributed by atoms with Crippen LogP contribution in [0.5, 0.6) is 0 Å². The molecule has 0 aromatic heterocycles. The van der Waals surface area contributed by atoms with Crippen LogP contribution in [0.2, 0.25) is 0 Å². The lowest BCUT2D eigenvalue weighted by atomic mass is 10.1. The summed E-state index contributed by atoms with van der Waals surface area (Å²) in [6.07, 6.45) is 3.10. The first-order valence-corrected chi connectivity index (χ1v) is 4.85. The molecule has 2 N–H and O–H groups in total. The lowest BCUT2D eigenvalue weighted by Crippen LogP contribution is -1.98. The summed E-state index contributed by atoms with van der Waals surface area (Å²) < 4.78 is 13.2. The number of allylic oxidation sites excluding steroid dienone is 1.